The number of likely N-dealkylation sites (tertiary alicyclic amines) is 1. The van der Waals surface area contributed by atoms with Gasteiger partial charge in [0.05, 0.1) is 24.8 Å². The molecule has 0 bridgehead atoms. The van der Waals surface area contributed by atoms with Gasteiger partial charge < -0.3 is 19.3 Å². The molecule has 1 aromatic rings. The fourth-order valence-corrected chi connectivity index (χ4v) is 4.60. The van der Waals surface area contributed by atoms with Crippen LogP contribution in [0.3, 0.4) is 0 Å². The lowest BCUT2D eigenvalue weighted by molar-refractivity contribution is -0.183. The summed E-state index contributed by atoms with van der Waals surface area (Å²) in [5.41, 5.74) is -0.153. The van der Waals surface area contributed by atoms with E-state index in [0.717, 1.165) is 6.54 Å². The largest absolute Gasteiger partial charge is 0.484 e. The fraction of sp³-hybridized carbons (Fsp3) is 0.619. The molecule has 3 aliphatic heterocycles. The highest BCUT2D eigenvalue weighted by Gasteiger charge is 2.56. The maximum Gasteiger partial charge on any atom is 0.260 e. The Bertz CT molecular complexity index is 718. The maximum atomic E-state index is 12.6. The number of fused-ring (bicyclic) bond motifs is 2. The zero-order chi connectivity index (χ0) is 19.7. The second-order valence-electron chi connectivity index (χ2n) is 8.37. The third kappa shape index (κ3) is 3.61. The second-order valence-corrected chi connectivity index (χ2v) is 8.37. The normalized spacial score (nSPS) is 24.0. The van der Waals surface area contributed by atoms with Crippen LogP contribution in [0.1, 0.15) is 13.8 Å². The predicted octanol–water partition coefficient (Wildman–Crippen LogP) is 0.845. The van der Waals surface area contributed by atoms with Crippen LogP contribution in [0.4, 0.5) is 0 Å². The first-order chi connectivity index (χ1) is 13.5. The van der Waals surface area contributed by atoms with Gasteiger partial charge in [0.15, 0.2) is 6.61 Å². The Balaban J connectivity index is 1.40. The van der Waals surface area contributed by atoms with Crippen LogP contribution >= 0.6 is 0 Å². The number of piperazine rings is 1. The van der Waals surface area contributed by atoms with E-state index in [4.69, 9.17) is 9.47 Å². The summed E-state index contributed by atoms with van der Waals surface area (Å²) in [5.74, 6) is 0.851. The molecule has 7 nitrogen and oxygen atoms in total. The van der Waals surface area contributed by atoms with E-state index in [1.807, 2.05) is 54.0 Å². The van der Waals surface area contributed by atoms with Crippen LogP contribution in [0.5, 0.6) is 5.75 Å². The molecule has 0 radical (unpaired) electrons. The van der Waals surface area contributed by atoms with Crippen molar-refractivity contribution in [3.05, 3.63) is 30.3 Å². The Labute approximate surface area is 166 Å². The molecule has 1 atom stereocenters. The SMILES string of the molecule is CC(C)C(=O)N1CC2COCCN2C2(CN(C(=O)COc3ccccc3)C2)C1. The number of benzene rings is 1. The summed E-state index contributed by atoms with van der Waals surface area (Å²) in [6.45, 7) is 8.82. The first kappa shape index (κ1) is 19.2. The number of ether oxygens (including phenoxy) is 2. The van der Waals surface area contributed by atoms with Crippen molar-refractivity contribution in [2.24, 2.45) is 5.92 Å². The molecule has 0 N–H and O–H groups in total. The van der Waals surface area contributed by atoms with Gasteiger partial charge in [-0.2, -0.15) is 0 Å². The van der Waals surface area contributed by atoms with Gasteiger partial charge in [-0.25, -0.2) is 0 Å². The van der Waals surface area contributed by atoms with Gasteiger partial charge in [-0.3, -0.25) is 14.5 Å². The molecule has 0 aliphatic carbocycles. The standard InChI is InChI=1S/C21H29N3O4/c1-16(2)20(26)22-10-17-11-27-9-8-24(17)21(13-22)14-23(15-21)19(25)12-28-18-6-4-3-5-7-18/h3-7,16-17H,8-15H2,1-2H3. The summed E-state index contributed by atoms with van der Waals surface area (Å²) in [7, 11) is 0. The van der Waals surface area contributed by atoms with E-state index in [-0.39, 0.29) is 35.9 Å². The lowest BCUT2D eigenvalue weighted by atomic mass is 9.82. The molecule has 28 heavy (non-hydrogen) atoms. The van der Waals surface area contributed by atoms with Crippen LogP contribution in [0.2, 0.25) is 0 Å². The van der Waals surface area contributed by atoms with Gasteiger partial charge in [0.25, 0.3) is 5.91 Å². The number of carbonyl (C=O) groups is 2. The maximum absolute atomic E-state index is 12.6. The molecule has 1 unspecified atom stereocenters. The third-order valence-electron chi connectivity index (χ3n) is 5.99. The number of hydrogen-bond acceptors (Lipinski definition) is 5. The van der Waals surface area contributed by atoms with Crippen molar-refractivity contribution < 1.29 is 19.1 Å². The summed E-state index contributed by atoms with van der Waals surface area (Å²) in [6.07, 6.45) is 0. The molecule has 1 spiro atoms. The fourth-order valence-electron chi connectivity index (χ4n) is 4.60. The minimum Gasteiger partial charge on any atom is -0.484 e. The number of rotatable bonds is 4. The molecule has 152 valence electrons. The highest BCUT2D eigenvalue weighted by molar-refractivity contribution is 5.80. The van der Waals surface area contributed by atoms with Gasteiger partial charge in [-0.05, 0) is 12.1 Å². The quantitative estimate of drug-likeness (QED) is 0.766. The number of amides is 2. The number of morpholine rings is 1. The summed E-state index contributed by atoms with van der Waals surface area (Å²) in [4.78, 5) is 31.5. The van der Waals surface area contributed by atoms with Gasteiger partial charge in [-0.15, -0.1) is 0 Å². The number of carbonyl (C=O) groups excluding carboxylic acids is 2. The first-order valence-corrected chi connectivity index (χ1v) is 10.1. The van der Waals surface area contributed by atoms with E-state index in [9.17, 15) is 9.59 Å². The van der Waals surface area contributed by atoms with Crippen molar-refractivity contribution in [1.29, 1.82) is 0 Å². The molecular formula is C21H29N3O4. The van der Waals surface area contributed by atoms with Crippen molar-refractivity contribution in [2.75, 3.05) is 52.5 Å². The Morgan fingerprint density at radius 3 is 2.61 bits per heavy atom. The van der Waals surface area contributed by atoms with Crippen molar-refractivity contribution in [3.63, 3.8) is 0 Å². The molecule has 3 fully saturated rings. The summed E-state index contributed by atoms with van der Waals surface area (Å²) >= 11 is 0. The van der Waals surface area contributed by atoms with Crippen LogP contribution in [0, 0.1) is 5.92 Å². The van der Waals surface area contributed by atoms with Crippen LogP contribution in [-0.2, 0) is 14.3 Å². The lowest BCUT2D eigenvalue weighted by Crippen LogP contribution is -2.81. The highest BCUT2D eigenvalue weighted by Crippen LogP contribution is 2.36. The molecule has 3 aliphatic rings. The van der Waals surface area contributed by atoms with Gasteiger partial charge in [0.2, 0.25) is 5.91 Å². The van der Waals surface area contributed by atoms with Crippen molar-refractivity contribution in [3.8, 4) is 5.75 Å². The molecule has 3 heterocycles. The summed E-state index contributed by atoms with van der Waals surface area (Å²) < 4.78 is 11.3. The Morgan fingerprint density at radius 1 is 1.18 bits per heavy atom. The predicted molar refractivity (Wildman–Crippen MR) is 104 cm³/mol. The molecule has 4 rings (SSSR count). The lowest BCUT2D eigenvalue weighted by Gasteiger charge is -2.63. The molecular weight excluding hydrogens is 358 g/mol. The third-order valence-corrected chi connectivity index (χ3v) is 5.99. The van der Waals surface area contributed by atoms with Gasteiger partial charge in [0.1, 0.15) is 5.75 Å². The molecule has 0 aromatic heterocycles. The minimum atomic E-state index is -0.153. The average molecular weight is 387 g/mol. The topological polar surface area (TPSA) is 62.3 Å². The van der Waals surface area contributed by atoms with Crippen molar-refractivity contribution in [2.45, 2.75) is 25.4 Å². The van der Waals surface area contributed by atoms with Crippen molar-refractivity contribution in [1.82, 2.24) is 14.7 Å². The smallest absolute Gasteiger partial charge is 0.260 e. The number of para-hydroxylation sites is 1. The molecule has 7 heteroatoms. The second kappa shape index (κ2) is 7.72. The van der Waals surface area contributed by atoms with Gasteiger partial charge in [0, 0.05) is 38.6 Å². The van der Waals surface area contributed by atoms with Crippen LogP contribution in [-0.4, -0.2) is 90.6 Å². The highest BCUT2D eigenvalue weighted by atomic mass is 16.5. The van der Waals surface area contributed by atoms with Crippen LogP contribution < -0.4 is 4.74 Å². The van der Waals surface area contributed by atoms with E-state index < -0.39 is 0 Å². The van der Waals surface area contributed by atoms with Gasteiger partial charge >= 0.3 is 0 Å². The van der Waals surface area contributed by atoms with Crippen LogP contribution in [0.15, 0.2) is 30.3 Å². The zero-order valence-electron chi connectivity index (χ0n) is 16.7. The summed E-state index contributed by atoms with van der Waals surface area (Å²) in [6, 6.07) is 9.60. The summed E-state index contributed by atoms with van der Waals surface area (Å²) in [5, 5.41) is 0. The molecule has 0 saturated carbocycles. The number of nitrogens with zero attached hydrogens (tertiary/aromatic N) is 3. The molecule has 2 amide bonds. The first-order valence-electron chi connectivity index (χ1n) is 10.1. The van der Waals surface area contributed by atoms with E-state index in [0.29, 0.717) is 45.1 Å². The van der Waals surface area contributed by atoms with Crippen molar-refractivity contribution >= 4 is 11.8 Å². The van der Waals surface area contributed by atoms with Gasteiger partial charge in [-0.1, -0.05) is 32.0 Å². The molecule has 1 aromatic carbocycles. The molecule has 3 saturated heterocycles. The minimum absolute atomic E-state index is 0.00778. The van der Waals surface area contributed by atoms with E-state index in [1.165, 1.54) is 0 Å². The van der Waals surface area contributed by atoms with E-state index >= 15 is 0 Å². The Hall–Kier alpha value is -2.12. The van der Waals surface area contributed by atoms with Crippen LogP contribution in [0.25, 0.3) is 0 Å². The average Bonchev–Trinajstić information content (AvgIpc) is 2.69. The Morgan fingerprint density at radius 2 is 1.89 bits per heavy atom. The Kier molecular flexibility index (Phi) is 5.29. The number of hydrogen-bond donors (Lipinski definition) is 0. The zero-order valence-corrected chi connectivity index (χ0v) is 16.7. The van der Waals surface area contributed by atoms with E-state index in [2.05, 4.69) is 4.90 Å². The monoisotopic (exact) mass is 387 g/mol. The van der Waals surface area contributed by atoms with E-state index in [1.54, 1.807) is 0 Å².